The van der Waals surface area contributed by atoms with E-state index < -0.39 is 0 Å². The van der Waals surface area contributed by atoms with E-state index in [0.29, 0.717) is 17.6 Å². The van der Waals surface area contributed by atoms with Gasteiger partial charge in [0.05, 0.1) is 0 Å². The summed E-state index contributed by atoms with van der Waals surface area (Å²) in [4.78, 5) is 14.1. The van der Waals surface area contributed by atoms with Crippen molar-refractivity contribution in [1.82, 2.24) is 10.2 Å². The van der Waals surface area contributed by atoms with Crippen LogP contribution in [0, 0.1) is 11.7 Å². The highest BCUT2D eigenvalue weighted by Gasteiger charge is 2.29. The molecule has 1 aromatic rings. The van der Waals surface area contributed by atoms with Gasteiger partial charge in [0.1, 0.15) is 5.82 Å². The lowest BCUT2D eigenvalue weighted by Crippen LogP contribution is -2.51. The molecule has 2 rings (SSSR count). The first-order chi connectivity index (χ1) is 10.1. The number of hydrogen-bond donors (Lipinski definition) is 2. The number of likely N-dealkylation sites (tertiary alicyclic amines) is 1. The smallest absolute Gasteiger partial charge is 0.321 e. The van der Waals surface area contributed by atoms with E-state index in [1.54, 1.807) is 12.1 Å². The maximum absolute atomic E-state index is 12.9. The third-order valence-electron chi connectivity index (χ3n) is 4.11. The van der Waals surface area contributed by atoms with Crippen molar-refractivity contribution < 1.29 is 9.18 Å². The zero-order valence-electron chi connectivity index (χ0n) is 12.7. The number of amides is 2. The highest BCUT2D eigenvalue weighted by Crippen LogP contribution is 2.21. The van der Waals surface area contributed by atoms with Gasteiger partial charge in [0.2, 0.25) is 0 Å². The number of benzene rings is 1. The van der Waals surface area contributed by atoms with Gasteiger partial charge in [0.15, 0.2) is 0 Å². The van der Waals surface area contributed by atoms with Crippen LogP contribution in [0.1, 0.15) is 26.7 Å². The van der Waals surface area contributed by atoms with Crippen molar-refractivity contribution in [3.8, 4) is 0 Å². The van der Waals surface area contributed by atoms with Crippen LogP contribution in [0.15, 0.2) is 24.3 Å². The zero-order valence-corrected chi connectivity index (χ0v) is 12.7. The standard InChI is InChI=1S/C16H24FN3O/c1-3-12-11-20(10-9-15(12)18-4-2)16(21)19-14-7-5-13(17)6-8-14/h5-8,12,15,18H,3-4,9-11H2,1-2H3,(H,19,21). The lowest BCUT2D eigenvalue weighted by Gasteiger charge is -2.38. The third-order valence-corrected chi connectivity index (χ3v) is 4.11. The zero-order chi connectivity index (χ0) is 15.2. The van der Waals surface area contributed by atoms with Crippen LogP contribution in [0.2, 0.25) is 0 Å². The largest absolute Gasteiger partial charge is 0.324 e. The van der Waals surface area contributed by atoms with Crippen LogP contribution in [0.5, 0.6) is 0 Å². The Morgan fingerprint density at radius 2 is 2.05 bits per heavy atom. The van der Waals surface area contributed by atoms with Crippen LogP contribution in [0.4, 0.5) is 14.9 Å². The fraction of sp³-hybridized carbons (Fsp3) is 0.562. The number of halogens is 1. The van der Waals surface area contributed by atoms with E-state index in [1.807, 2.05) is 4.90 Å². The normalized spacial score (nSPS) is 22.1. The second-order valence-electron chi connectivity index (χ2n) is 5.50. The van der Waals surface area contributed by atoms with E-state index in [4.69, 9.17) is 0 Å². The molecule has 0 spiro atoms. The number of nitrogens with zero attached hydrogens (tertiary/aromatic N) is 1. The molecule has 2 N–H and O–H groups in total. The second kappa shape index (κ2) is 7.41. The molecular weight excluding hydrogens is 269 g/mol. The molecule has 1 heterocycles. The minimum absolute atomic E-state index is 0.102. The molecule has 2 unspecified atom stereocenters. The molecular formula is C16H24FN3O. The van der Waals surface area contributed by atoms with E-state index in [-0.39, 0.29) is 11.8 Å². The molecule has 116 valence electrons. The Labute approximate surface area is 125 Å². The van der Waals surface area contributed by atoms with E-state index in [1.165, 1.54) is 12.1 Å². The van der Waals surface area contributed by atoms with Crippen molar-refractivity contribution >= 4 is 11.7 Å². The Hall–Kier alpha value is -1.62. The monoisotopic (exact) mass is 293 g/mol. The molecule has 0 aliphatic carbocycles. The number of carbonyl (C=O) groups excluding carboxylic acids is 1. The molecule has 2 atom stereocenters. The first kappa shape index (κ1) is 15.8. The van der Waals surface area contributed by atoms with Crippen molar-refractivity contribution in [3.63, 3.8) is 0 Å². The van der Waals surface area contributed by atoms with Gasteiger partial charge in [-0.1, -0.05) is 20.3 Å². The van der Waals surface area contributed by atoms with Crippen LogP contribution in [0.25, 0.3) is 0 Å². The summed E-state index contributed by atoms with van der Waals surface area (Å²) >= 11 is 0. The Balaban J connectivity index is 1.92. The van der Waals surface area contributed by atoms with Crippen molar-refractivity contribution in [2.75, 3.05) is 25.0 Å². The number of carbonyl (C=O) groups is 1. The van der Waals surface area contributed by atoms with Crippen molar-refractivity contribution in [2.24, 2.45) is 5.92 Å². The molecule has 1 aromatic carbocycles. The van der Waals surface area contributed by atoms with Crippen LogP contribution in [-0.2, 0) is 0 Å². The summed E-state index contributed by atoms with van der Waals surface area (Å²) in [5.74, 6) is 0.183. The van der Waals surface area contributed by atoms with Crippen molar-refractivity contribution in [2.45, 2.75) is 32.7 Å². The molecule has 1 saturated heterocycles. The van der Waals surface area contributed by atoms with Crippen LogP contribution < -0.4 is 10.6 Å². The number of piperidine rings is 1. The summed E-state index contributed by atoms with van der Waals surface area (Å²) in [6, 6.07) is 6.25. The lowest BCUT2D eigenvalue weighted by atomic mass is 9.90. The highest BCUT2D eigenvalue weighted by molar-refractivity contribution is 5.89. The maximum Gasteiger partial charge on any atom is 0.321 e. The average Bonchev–Trinajstić information content (AvgIpc) is 2.50. The Bertz CT molecular complexity index is 463. The summed E-state index contributed by atoms with van der Waals surface area (Å²) in [6.07, 6.45) is 2.03. The number of nitrogens with one attached hydrogen (secondary N) is 2. The number of rotatable bonds is 4. The Kier molecular flexibility index (Phi) is 5.56. The van der Waals surface area contributed by atoms with Crippen LogP contribution >= 0.6 is 0 Å². The van der Waals surface area contributed by atoms with E-state index >= 15 is 0 Å². The second-order valence-corrected chi connectivity index (χ2v) is 5.50. The SMILES string of the molecule is CCNC1CCN(C(=O)Nc2ccc(F)cc2)CC1CC. The number of anilines is 1. The fourth-order valence-electron chi connectivity index (χ4n) is 2.90. The fourth-order valence-corrected chi connectivity index (χ4v) is 2.90. The van der Waals surface area contributed by atoms with E-state index in [2.05, 4.69) is 24.5 Å². The summed E-state index contributed by atoms with van der Waals surface area (Å²) in [5.41, 5.74) is 0.628. The van der Waals surface area contributed by atoms with Gasteiger partial charge in [-0.3, -0.25) is 0 Å². The maximum atomic E-state index is 12.9. The molecule has 0 bridgehead atoms. The molecule has 2 amide bonds. The molecule has 0 saturated carbocycles. The predicted molar refractivity (Wildman–Crippen MR) is 82.9 cm³/mol. The summed E-state index contributed by atoms with van der Waals surface area (Å²) in [5, 5.41) is 6.33. The van der Waals surface area contributed by atoms with E-state index in [0.717, 1.165) is 32.5 Å². The summed E-state index contributed by atoms with van der Waals surface area (Å²) in [6.45, 7) is 6.75. The van der Waals surface area contributed by atoms with Gasteiger partial charge >= 0.3 is 6.03 Å². The first-order valence-electron chi connectivity index (χ1n) is 7.69. The number of urea groups is 1. The first-order valence-corrected chi connectivity index (χ1v) is 7.69. The minimum atomic E-state index is -0.300. The molecule has 0 aromatic heterocycles. The number of hydrogen-bond acceptors (Lipinski definition) is 2. The van der Waals surface area contributed by atoms with Gasteiger partial charge < -0.3 is 15.5 Å². The molecule has 1 aliphatic heterocycles. The molecule has 0 radical (unpaired) electrons. The highest BCUT2D eigenvalue weighted by atomic mass is 19.1. The quantitative estimate of drug-likeness (QED) is 0.896. The van der Waals surface area contributed by atoms with Crippen LogP contribution in [0.3, 0.4) is 0 Å². The molecule has 4 nitrogen and oxygen atoms in total. The lowest BCUT2D eigenvalue weighted by molar-refractivity contribution is 0.151. The molecule has 1 fully saturated rings. The van der Waals surface area contributed by atoms with Crippen LogP contribution in [-0.4, -0.2) is 36.6 Å². The van der Waals surface area contributed by atoms with Gasteiger partial charge in [-0.2, -0.15) is 0 Å². The van der Waals surface area contributed by atoms with Gasteiger partial charge in [0, 0.05) is 24.8 Å². The molecule has 1 aliphatic rings. The van der Waals surface area contributed by atoms with Gasteiger partial charge in [0.25, 0.3) is 0 Å². The van der Waals surface area contributed by atoms with E-state index in [9.17, 15) is 9.18 Å². The summed E-state index contributed by atoms with van der Waals surface area (Å²) in [7, 11) is 0. The third kappa shape index (κ3) is 4.17. The van der Waals surface area contributed by atoms with Crippen molar-refractivity contribution in [3.05, 3.63) is 30.1 Å². The van der Waals surface area contributed by atoms with Gasteiger partial charge in [-0.05, 0) is 43.1 Å². The predicted octanol–water partition coefficient (Wildman–Crippen LogP) is 3.07. The van der Waals surface area contributed by atoms with Crippen molar-refractivity contribution in [1.29, 1.82) is 0 Å². The minimum Gasteiger partial charge on any atom is -0.324 e. The average molecular weight is 293 g/mol. The van der Waals surface area contributed by atoms with Gasteiger partial charge in [-0.15, -0.1) is 0 Å². The Morgan fingerprint density at radius 3 is 2.67 bits per heavy atom. The topological polar surface area (TPSA) is 44.4 Å². The van der Waals surface area contributed by atoms with Gasteiger partial charge in [-0.25, -0.2) is 9.18 Å². The molecule has 5 heteroatoms. The summed E-state index contributed by atoms with van der Waals surface area (Å²) < 4.78 is 12.9. The Morgan fingerprint density at radius 1 is 1.33 bits per heavy atom. The molecule has 21 heavy (non-hydrogen) atoms.